The first-order chi connectivity index (χ1) is 10.7. The van der Waals surface area contributed by atoms with Gasteiger partial charge in [0.25, 0.3) is 0 Å². The van der Waals surface area contributed by atoms with Crippen molar-refractivity contribution in [2.45, 2.75) is 13.3 Å². The van der Waals surface area contributed by atoms with E-state index in [-0.39, 0.29) is 0 Å². The Morgan fingerprint density at radius 2 is 2.18 bits per heavy atom. The van der Waals surface area contributed by atoms with Crippen LogP contribution in [0.4, 0.5) is 0 Å². The van der Waals surface area contributed by atoms with E-state index in [1.54, 1.807) is 25.3 Å². The molecule has 1 aromatic rings. The number of amides is 2. The lowest BCUT2D eigenvalue weighted by Crippen LogP contribution is -2.39. The number of hydrogen-bond donors (Lipinski definition) is 2. The van der Waals surface area contributed by atoms with Crippen molar-refractivity contribution in [2.24, 2.45) is 0 Å². The molecule has 0 fully saturated rings. The van der Waals surface area contributed by atoms with Crippen molar-refractivity contribution in [3.8, 4) is 0 Å². The second-order valence-corrected chi connectivity index (χ2v) is 4.40. The summed E-state index contributed by atoms with van der Waals surface area (Å²) in [5.74, 6) is -0.319. The van der Waals surface area contributed by atoms with Gasteiger partial charge in [-0.25, -0.2) is 4.98 Å². The van der Waals surface area contributed by atoms with Crippen molar-refractivity contribution >= 4 is 17.4 Å². The Balaban J connectivity index is 2.16. The van der Waals surface area contributed by atoms with Crippen molar-refractivity contribution in [3.63, 3.8) is 0 Å². The molecule has 1 aromatic heterocycles. The third-order valence-electron chi connectivity index (χ3n) is 2.93. The van der Waals surface area contributed by atoms with E-state index in [1.165, 1.54) is 13.5 Å². The average molecular weight is 303 g/mol. The minimum Gasteiger partial charge on any atom is -0.496 e. The molecule has 2 amide bonds. The molecule has 0 spiro atoms. The normalized spacial score (nSPS) is 14.2. The number of hydrogen-bond acceptors (Lipinski definition) is 5. The fourth-order valence-corrected chi connectivity index (χ4v) is 1.94. The maximum atomic E-state index is 11.7. The molecule has 7 nitrogen and oxygen atoms in total. The number of oxazole rings is 1. The van der Waals surface area contributed by atoms with Gasteiger partial charge < -0.3 is 19.8 Å². The summed E-state index contributed by atoms with van der Waals surface area (Å²) in [6.45, 7) is 2.13. The molecule has 2 rings (SSSR count). The van der Waals surface area contributed by atoms with Gasteiger partial charge in [0, 0.05) is 18.3 Å². The number of ether oxygens (including phenoxy) is 1. The summed E-state index contributed by atoms with van der Waals surface area (Å²) in [5.41, 5.74) is 1.22. The lowest BCUT2D eigenvalue weighted by molar-refractivity contribution is -0.138. The highest BCUT2D eigenvalue weighted by atomic mass is 16.5. The summed E-state index contributed by atoms with van der Waals surface area (Å²) >= 11 is 0. The summed E-state index contributed by atoms with van der Waals surface area (Å²) in [6.07, 6.45) is 8.76. The Morgan fingerprint density at radius 3 is 2.82 bits per heavy atom. The molecule has 2 N–H and O–H groups in total. The van der Waals surface area contributed by atoms with E-state index in [0.29, 0.717) is 30.2 Å². The van der Waals surface area contributed by atoms with Crippen LogP contribution in [-0.2, 0) is 14.3 Å². The summed E-state index contributed by atoms with van der Waals surface area (Å²) in [7, 11) is 1.52. The van der Waals surface area contributed by atoms with Crippen molar-refractivity contribution in [3.05, 3.63) is 48.0 Å². The second-order valence-electron chi connectivity index (χ2n) is 4.40. The standard InChI is InChI=1S/C15H17N3O4/c1-3-17-14(19)15(20)18-10-5-4-6-11(12(7-10)21-2)13-8-16-9-22-13/h5-9H,3-4H2,1-2H3,(H,17,19)(H,18,20). The van der Waals surface area contributed by atoms with Gasteiger partial charge in [0.15, 0.2) is 12.2 Å². The Kier molecular flexibility index (Phi) is 5.13. The molecule has 0 saturated carbocycles. The molecular weight excluding hydrogens is 286 g/mol. The number of likely N-dealkylation sites (N-methyl/N-ethyl adjacent to an activating group) is 1. The summed E-state index contributed by atoms with van der Waals surface area (Å²) in [5, 5.41) is 4.99. The zero-order valence-corrected chi connectivity index (χ0v) is 12.4. The minimum atomic E-state index is -0.720. The van der Waals surface area contributed by atoms with Crippen LogP contribution in [0.1, 0.15) is 19.1 Å². The smallest absolute Gasteiger partial charge is 0.313 e. The van der Waals surface area contributed by atoms with E-state index < -0.39 is 11.8 Å². The number of allylic oxidation sites excluding steroid dienone is 4. The van der Waals surface area contributed by atoms with E-state index in [4.69, 9.17) is 9.15 Å². The maximum absolute atomic E-state index is 11.7. The molecule has 116 valence electrons. The fraction of sp³-hybridized carbons (Fsp3) is 0.267. The molecule has 1 aliphatic carbocycles. The zero-order valence-electron chi connectivity index (χ0n) is 12.4. The van der Waals surface area contributed by atoms with Crippen molar-refractivity contribution in [2.75, 3.05) is 13.7 Å². The predicted molar refractivity (Wildman–Crippen MR) is 79.1 cm³/mol. The van der Waals surface area contributed by atoms with Crippen LogP contribution >= 0.6 is 0 Å². The molecule has 0 atom stereocenters. The number of nitrogens with one attached hydrogen (secondary N) is 2. The van der Waals surface area contributed by atoms with E-state index >= 15 is 0 Å². The van der Waals surface area contributed by atoms with Gasteiger partial charge in [-0.3, -0.25) is 9.59 Å². The van der Waals surface area contributed by atoms with Gasteiger partial charge in [0.05, 0.1) is 18.9 Å². The van der Waals surface area contributed by atoms with Crippen LogP contribution in [0.25, 0.3) is 5.57 Å². The number of methoxy groups -OCH3 is 1. The van der Waals surface area contributed by atoms with Gasteiger partial charge in [0.1, 0.15) is 5.76 Å². The Hall–Kier alpha value is -2.83. The van der Waals surface area contributed by atoms with E-state index in [0.717, 1.165) is 5.57 Å². The minimum absolute atomic E-state index is 0.391. The van der Waals surface area contributed by atoms with Crippen LogP contribution in [0.15, 0.2) is 46.7 Å². The highest BCUT2D eigenvalue weighted by Crippen LogP contribution is 2.27. The molecule has 0 bridgehead atoms. The van der Waals surface area contributed by atoms with Crippen LogP contribution in [0.2, 0.25) is 0 Å². The highest BCUT2D eigenvalue weighted by molar-refractivity contribution is 6.35. The first-order valence-corrected chi connectivity index (χ1v) is 6.80. The summed E-state index contributed by atoms with van der Waals surface area (Å²) < 4.78 is 10.6. The van der Waals surface area contributed by atoms with E-state index in [1.807, 2.05) is 6.08 Å². The third-order valence-corrected chi connectivity index (χ3v) is 2.93. The molecule has 0 aliphatic heterocycles. The molecular formula is C15H17N3O4. The van der Waals surface area contributed by atoms with Crippen molar-refractivity contribution in [1.29, 1.82) is 0 Å². The van der Waals surface area contributed by atoms with Gasteiger partial charge in [-0.05, 0) is 13.3 Å². The molecule has 7 heteroatoms. The predicted octanol–water partition coefficient (Wildman–Crippen LogP) is 1.13. The maximum Gasteiger partial charge on any atom is 0.313 e. The van der Waals surface area contributed by atoms with Crippen LogP contribution in [0.3, 0.4) is 0 Å². The molecule has 0 saturated heterocycles. The first-order valence-electron chi connectivity index (χ1n) is 6.80. The number of nitrogens with zero attached hydrogens (tertiary/aromatic N) is 1. The van der Waals surface area contributed by atoms with Gasteiger partial charge >= 0.3 is 11.8 Å². The van der Waals surface area contributed by atoms with Crippen LogP contribution < -0.4 is 10.6 Å². The fourth-order valence-electron chi connectivity index (χ4n) is 1.94. The number of carbonyl (C=O) groups is 2. The lowest BCUT2D eigenvalue weighted by atomic mass is 10.1. The third kappa shape index (κ3) is 3.63. The SMILES string of the molecule is CCNC(=O)C(=O)NC1=CCC=C(c2cnco2)C(OC)=C1. The lowest BCUT2D eigenvalue weighted by Gasteiger charge is -2.09. The highest BCUT2D eigenvalue weighted by Gasteiger charge is 2.17. The summed E-state index contributed by atoms with van der Waals surface area (Å²) in [4.78, 5) is 27.1. The first kappa shape index (κ1) is 15.6. The van der Waals surface area contributed by atoms with Gasteiger partial charge in [0.2, 0.25) is 0 Å². The number of rotatable bonds is 4. The molecule has 22 heavy (non-hydrogen) atoms. The molecule has 0 radical (unpaired) electrons. The molecule has 0 unspecified atom stereocenters. The molecule has 1 aliphatic rings. The second kappa shape index (κ2) is 7.26. The quantitative estimate of drug-likeness (QED) is 0.813. The Morgan fingerprint density at radius 1 is 1.36 bits per heavy atom. The Labute approximate surface area is 127 Å². The number of carbonyl (C=O) groups excluding carboxylic acids is 2. The monoisotopic (exact) mass is 303 g/mol. The zero-order chi connectivity index (χ0) is 15.9. The van der Waals surface area contributed by atoms with E-state index in [9.17, 15) is 9.59 Å². The summed E-state index contributed by atoms with van der Waals surface area (Å²) in [6, 6.07) is 0. The molecule has 1 heterocycles. The topological polar surface area (TPSA) is 93.5 Å². The largest absolute Gasteiger partial charge is 0.496 e. The number of aromatic nitrogens is 1. The van der Waals surface area contributed by atoms with Crippen LogP contribution in [0.5, 0.6) is 0 Å². The van der Waals surface area contributed by atoms with Gasteiger partial charge in [-0.15, -0.1) is 0 Å². The van der Waals surface area contributed by atoms with Crippen LogP contribution in [-0.4, -0.2) is 30.5 Å². The Bertz CT molecular complexity index is 642. The van der Waals surface area contributed by atoms with Gasteiger partial charge in [-0.1, -0.05) is 12.2 Å². The van der Waals surface area contributed by atoms with Gasteiger partial charge in [-0.2, -0.15) is 0 Å². The van der Waals surface area contributed by atoms with Crippen molar-refractivity contribution in [1.82, 2.24) is 15.6 Å². The molecule has 0 aromatic carbocycles. The average Bonchev–Trinajstić information content (AvgIpc) is 2.96. The van der Waals surface area contributed by atoms with E-state index in [2.05, 4.69) is 15.6 Å². The van der Waals surface area contributed by atoms with Crippen LogP contribution in [0, 0.1) is 0 Å². The van der Waals surface area contributed by atoms with Crippen molar-refractivity contribution < 1.29 is 18.7 Å².